The Labute approximate surface area is 207 Å². The summed E-state index contributed by atoms with van der Waals surface area (Å²) in [5, 5.41) is 19.1. The molecular formula is C26H27N7OS. The van der Waals surface area contributed by atoms with Gasteiger partial charge >= 0.3 is 0 Å². The molecule has 9 heteroatoms. The Morgan fingerprint density at radius 2 is 1.94 bits per heavy atom. The van der Waals surface area contributed by atoms with Gasteiger partial charge < -0.3 is 15.0 Å². The normalized spacial score (nSPS) is 17.9. The van der Waals surface area contributed by atoms with Crippen molar-refractivity contribution in [2.24, 2.45) is 20.0 Å². The topological polar surface area (TPSA) is 93.7 Å². The van der Waals surface area contributed by atoms with Crippen molar-refractivity contribution in [1.29, 1.82) is 0 Å². The molecule has 1 aromatic carbocycles. The van der Waals surface area contributed by atoms with Crippen LogP contribution in [-0.4, -0.2) is 47.1 Å². The van der Waals surface area contributed by atoms with Crippen molar-refractivity contribution in [2.75, 3.05) is 11.9 Å². The summed E-state index contributed by atoms with van der Waals surface area (Å²) in [5.74, 6) is 2.47. The molecule has 1 fully saturated rings. The first-order chi connectivity index (χ1) is 17.1. The zero-order valence-corrected chi connectivity index (χ0v) is 20.5. The number of hydrogen-bond donors (Lipinski definition) is 2. The van der Waals surface area contributed by atoms with Crippen molar-refractivity contribution in [3.05, 3.63) is 55.0 Å². The van der Waals surface area contributed by atoms with E-state index in [-0.39, 0.29) is 12.6 Å². The Morgan fingerprint density at radius 1 is 1.09 bits per heavy atom. The average Bonchev–Trinajstić information content (AvgIpc) is 3.66. The molecule has 2 atom stereocenters. The van der Waals surface area contributed by atoms with E-state index in [4.69, 9.17) is 15.1 Å². The SMILES string of the molecule is Cn1ccc(-c2sc3nc(-c4nccn4C)nc(N[C@@H]4CC[C@@H](CO)C4)c3c2-c2ccccc2)n1. The first-order valence-corrected chi connectivity index (χ1v) is 12.7. The zero-order chi connectivity index (χ0) is 23.9. The highest BCUT2D eigenvalue weighted by Crippen LogP contribution is 2.47. The maximum atomic E-state index is 9.67. The first-order valence-electron chi connectivity index (χ1n) is 11.9. The molecular weight excluding hydrogens is 458 g/mol. The fraction of sp³-hybridized carbons (Fsp3) is 0.308. The van der Waals surface area contributed by atoms with Crippen molar-refractivity contribution < 1.29 is 5.11 Å². The van der Waals surface area contributed by atoms with Gasteiger partial charge in [0.25, 0.3) is 0 Å². The fourth-order valence-corrected chi connectivity index (χ4v) is 6.11. The maximum absolute atomic E-state index is 9.67. The van der Waals surface area contributed by atoms with Crippen molar-refractivity contribution in [1.82, 2.24) is 29.3 Å². The predicted octanol–water partition coefficient (Wildman–Crippen LogP) is 4.73. The third-order valence-corrected chi connectivity index (χ3v) is 7.83. The van der Waals surface area contributed by atoms with Gasteiger partial charge in [-0.2, -0.15) is 5.10 Å². The molecule has 0 bridgehead atoms. The molecule has 0 spiro atoms. The monoisotopic (exact) mass is 485 g/mol. The standard InChI is InChI=1S/C26H27N7OS/c1-32-13-11-27-25(32)24-29-23(28-18-9-8-16(14-18)15-34)21-20(17-6-4-3-5-7-17)22(35-26(21)30-24)19-10-12-33(2)31-19/h3-7,10-13,16,18,34H,8-9,14-15H2,1-2H3,(H,28,29,30)/t16-,18-/m1/s1. The minimum Gasteiger partial charge on any atom is -0.396 e. The first kappa shape index (κ1) is 21.9. The highest BCUT2D eigenvalue weighted by Gasteiger charge is 2.28. The lowest BCUT2D eigenvalue weighted by Crippen LogP contribution is -2.18. The molecule has 1 aliphatic carbocycles. The number of benzene rings is 1. The van der Waals surface area contributed by atoms with Gasteiger partial charge in [0, 0.05) is 50.9 Å². The lowest BCUT2D eigenvalue weighted by Gasteiger charge is -2.16. The molecule has 1 saturated carbocycles. The number of rotatable bonds is 6. The number of anilines is 1. The van der Waals surface area contributed by atoms with Crippen LogP contribution < -0.4 is 5.32 Å². The molecule has 1 aliphatic rings. The van der Waals surface area contributed by atoms with E-state index in [1.54, 1.807) is 17.5 Å². The molecule has 4 aromatic heterocycles. The number of aliphatic hydroxyl groups is 1. The number of nitrogens with one attached hydrogen (secondary N) is 1. The van der Waals surface area contributed by atoms with Crippen molar-refractivity contribution >= 4 is 27.4 Å². The van der Waals surface area contributed by atoms with Gasteiger partial charge in [0.05, 0.1) is 10.3 Å². The molecule has 178 valence electrons. The van der Waals surface area contributed by atoms with Gasteiger partial charge in [0.15, 0.2) is 11.6 Å². The van der Waals surface area contributed by atoms with Crippen LogP contribution in [0.1, 0.15) is 19.3 Å². The molecule has 5 aromatic rings. The van der Waals surface area contributed by atoms with E-state index in [1.807, 2.05) is 47.9 Å². The largest absolute Gasteiger partial charge is 0.396 e. The summed E-state index contributed by atoms with van der Waals surface area (Å²) in [7, 11) is 3.89. The summed E-state index contributed by atoms with van der Waals surface area (Å²) < 4.78 is 3.76. The van der Waals surface area contributed by atoms with Crippen LogP contribution in [0, 0.1) is 5.92 Å². The molecule has 2 N–H and O–H groups in total. The van der Waals surface area contributed by atoms with E-state index < -0.39 is 0 Å². The van der Waals surface area contributed by atoms with E-state index in [0.717, 1.165) is 62.8 Å². The Morgan fingerprint density at radius 3 is 2.63 bits per heavy atom. The summed E-state index contributed by atoms with van der Waals surface area (Å²) >= 11 is 1.64. The van der Waals surface area contributed by atoms with E-state index in [0.29, 0.717) is 11.7 Å². The summed E-state index contributed by atoms with van der Waals surface area (Å²) in [5.41, 5.74) is 3.12. The summed E-state index contributed by atoms with van der Waals surface area (Å²) in [4.78, 5) is 16.5. The Balaban J connectivity index is 1.60. The van der Waals surface area contributed by atoms with Gasteiger partial charge in [-0.15, -0.1) is 11.3 Å². The molecule has 4 heterocycles. The number of imidazole rings is 1. The third kappa shape index (κ3) is 4.00. The number of hydrogen-bond acceptors (Lipinski definition) is 7. The predicted molar refractivity (Wildman–Crippen MR) is 139 cm³/mol. The molecule has 0 radical (unpaired) electrons. The van der Waals surface area contributed by atoms with Crippen LogP contribution in [-0.2, 0) is 14.1 Å². The second kappa shape index (κ2) is 8.90. The number of aryl methyl sites for hydroxylation is 2. The molecule has 8 nitrogen and oxygen atoms in total. The Kier molecular flexibility index (Phi) is 5.58. The van der Waals surface area contributed by atoms with E-state index in [1.165, 1.54) is 0 Å². The van der Waals surface area contributed by atoms with Crippen LogP contribution in [0.3, 0.4) is 0 Å². The number of aromatic nitrogens is 6. The van der Waals surface area contributed by atoms with Crippen molar-refractivity contribution in [2.45, 2.75) is 25.3 Å². The summed E-state index contributed by atoms with van der Waals surface area (Å²) in [6.45, 7) is 0.230. The van der Waals surface area contributed by atoms with Crippen molar-refractivity contribution in [3.63, 3.8) is 0 Å². The molecule has 35 heavy (non-hydrogen) atoms. The molecule has 0 amide bonds. The van der Waals surface area contributed by atoms with E-state index in [2.05, 4.69) is 34.6 Å². The minimum atomic E-state index is 0.230. The third-order valence-electron chi connectivity index (χ3n) is 6.72. The van der Waals surface area contributed by atoms with E-state index in [9.17, 15) is 5.11 Å². The van der Waals surface area contributed by atoms with Crippen LogP contribution in [0.15, 0.2) is 55.0 Å². The summed E-state index contributed by atoms with van der Waals surface area (Å²) in [6, 6.07) is 12.7. The molecule has 0 aliphatic heterocycles. The van der Waals surface area contributed by atoms with Crippen molar-refractivity contribution in [3.8, 4) is 33.3 Å². The average molecular weight is 486 g/mol. The molecule has 6 rings (SSSR count). The fourth-order valence-electron chi connectivity index (χ4n) is 4.95. The number of fused-ring (bicyclic) bond motifs is 1. The van der Waals surface area contributed by atoms with Crippen LogP contribution in [0.4, 0.5) is 5.82 Å². The smallest absolute Gasteiger partial charge is 0.199 e. The second-order valence-corrected chi connectivity index (χ2v) is 10.2. The zero-order valence-electron chi connectivity index (χ0n) is 19.7. The number of thiophene rings is 1. The lowest BCUT2D eigenvalue weighted by atomic mass is 10.0. The van der Waals surface area contributed by atoms with Gasteiger partial charge in [-0.3, -0.25) is 4.68 Å². The lowest BCUT2D eigenvalue weighted by molar-refractivity contribution is 0.229. The Hall–Kier alpha value is -3.56. The molecule has 0 unspecified atom stereocenters. The van der Waals surface area contributed by atoms with Gasteiger partial charge in [0.2, 0.25) is 0 Å². The number of aliphatic hydroxyl groups excluding tert-OH is 1. The summed E-state index contributed by atoms with van der Waals surface area (Å²) in [6.07, 6.45) is 8.59. The van der Waals surface area contributed by atoms with Gasteiger partial charge in [-0.1, -0.05) is 30.3 Å². The van der Waals surface area contributed by atoms with Gasteiger partial charge in [-0.25, -0.2) is 15.0 Å². The molecule has 0 saturated heterocycles. The van der Waals surface area contributed by atoms with E-state index >= 15 is 0 Å². The number of nitrogens with zero attached hydrogens (tertiary/aromatic N) is 6. The quantitative estimate of drug-likeness (QED) is 0.361. The van der Waals surface area contributed by atoms with Crippen LogP contribution in [0.5, 0.6) is 0 Å². The Bertz CT molecular complexity index is 1490. The highest BCUT2D eigenvalue weighted by molar-refractivity contribution is 7.22. The maximum Gasteiger partial charge on any atom is 0.199 e. The van der Waals surface area contributed by atoms with Crippen LogP contribution >= 0.6 is 11.3 Å². The van der Waals surface area contributed by atoms with Crippen LogP contribution in [0.2, 0.25) is 0 Å². The second-order valence-electron chi connectivity index (χ2n) is 9.19. The van der Waals surface area contributed by atoms with Gasteiger partial charge in [-0.05, 0) is 36.8 Å². The van der Waals surface area contributed by atoms with Crippen LogP contribution in [0.25, 0.3) is 43.6 Å². The van der Waals surface area contributed by atoms with Gasteiger partial charge in [0.1, 0.15) is 16.3 Å². The minimum absolute atomic E-state index is 0.230. The highest BCUT2D eigenvalue weighted by atomic mass is 32.1.